The standard InChI is InChI=1S/C12H15F2NO/c13-12(14)16-11-6-4-10(5-7-11)15-8-9-2-1-3-9/h4-7,9,12,15H,1-3,8H2. The van der Waals surface area contributed by atoms with Crippen LogP contribution in [0, 0.1) is 5.92 Å². The molecule has 2 rings (SSSR count). The maximum absolute atomic E-state index is 11.9. The van der Waals surface area contributed by atoms with Crippen LogP contribution in [0.3, 0.4) is 0 Å². The minimum atomic E-state index is -2.76. The number of benzene rings is 1. The summed E-state index contributed by atoms with van der Waals surface area (Å²) in [7, 11) is 0. The zero-order chi connectivity index (χ0) is 11.4. The first kappa shape index (κ1) is 11.2. The van der Waals surface area contributed by atoms with Crippen LogP contribution in [0.5, 0.6) is 5.75 Å². The van der Waals surface area contributed by atoms with E-state index >= 15 is 0 Å². The fraction of sp³-hybridized carbons (Fsp3) is 0.500. The summed E-state index contributed by atoms with van der Waals surface area (Å²) >= 11 is 0. The Morgan fingerprint density at radius 1 is 1.25 bits per heavy atom. The van der Waals surface area contributed by atoms with Gasteiger partial charge in [-0.15, -0.1) is 0 Å². The SMILES string of the molecule is FC(F)Oc1ccc(NCC2CCC2)cc1. The van der Waals surface area contributed by atoms with Crippen molar-refractivity contribution in [2.24, 2.45) is 5.92 Å². The summed E-state index contributed by atoms with van der Waals surface area (Å²) < 4.78 is 28.0. The van der Waals surface area contributed by atoms with Gasteiger partial charge in [0.05, 0.1) is 0 Å². The fourth-order valence-corrected chi connectivity index (χ4v) is 1.71. The van der Waals surface area contributed by atoms with Gasteiger partial charge in [-0.3, -0.25) is 0 Å². The summed E-state index contributed by atoms with van der Waals surface area (Å²) in [5.74, 6) is 0.973. The van der Waals surface area contributed by atoms with E-state index in [1.807, 2.05) is 0 Å². The van der Waals surface area contributed by atoms with Crippen LogP contribution in [0.1, 0.15) is 19.3 Å². The van der Waals surface area contributed by atoms with Crippen LogP contribution in [-0.2, 0) is 0 Å². The predicted octanol–water partition coefficient (Wildman–Crippen LogP) is 3.50. The summed E-state index contributed by atoms with van der Waals surface area (Å²) in [5, 5.41) is 3.28. The van der Waals surface area contributed by atoms with Crippen molar-refractivity contribution in [3.8, 4) is 5.75 Å². The molecule has 1 aromatic carbocycles. The molecule has 0 saturated heterocycles. The Morgan fingerprint density at radius 3 is 2.44 bits per heavy atom. The monoisotopic (exact) mass is 227 g/mol. The van der Waals surface area contributed by atoms with Crippen molar-refractivity contribution in [2.75, 3.05) is 11.9 Å². The van der Waals surface area contributed by atoms with E-state index in [1.54, 1.807) is 24.3 Å². The molecule has 1 aliphatic carbocycles. The molecule has 88 valence electrons. The third-order valence-corrected chi connectivity index (χ3v) is 2.90. The van der Waals surface area contributed by atoms with Crippen molar-refractivity contribution < 1.29 is 13.5 Å². The Morgan fingerprint density at radius 2 is 1.94 bits per heavy atom. The van der Waals surface area contributed by atoms with E-state index in [2.05, 4.69) is 10.1 Å². The van der Waals surface area contributed by atoms with E-state index in [4.69, 9.17) is 0 Å². The van der Waals surface area contributed by atoms with E-state index in [0.717, 1.165) is 18.2 Å². The summed E-state index contributed by atoms with van der Waals surface area (Å²) in [6.07, 6.45) is 3.91. The molecule has 1 aromatic rings. The van der Waals surface area contributed by atoms with Gasteiger partial charge in [0, 0.05) is 12.2 Å². The average Bonchev–Trinajstić information content (AvgIpc) is 2.17. The van der Waals surface area contributed by atoms with Crippen molar-refractivity contribution >= 4 is 5.69 Å². The molecule has 0 unspecified atom stereocenters. The minimum Gasteiger partial charge on any atom is -0.435 e. The highest BCUT2D eigenvalue weighted by Crippen LogP contribution is 2.26. The smallest absolute Gasteiger partial charge is 0.387 e. The predicted molar refractivity (Wildman–Crippen MR) is 58.9 cm³/mol. The Kier molecular flexibility index (Phi) is 3.59. The van der Waals surface area contributed by atoms with Crippen molar-refractivity contribution in [3.63, 3.8) is 0 Å². The van der Waals surface area contributed by atoms with Crippen LogP contribution < -0.4 is 10.1 Å². The number of ether oxygens (including phenoxy) is 1. The number of hydrogen-bond acceptors (Lipinski definition) is 2. The molecular weight excluding hydrogens is 212 g/mol. The van der Waals surface area contributed by atoms with Gasteiger partial charge in [0.2, 0.25) is 0 Å². The largest absolute Gasteiger partial charge is 0.435 e. The molecule has 0 radical (unpaired) electrons. The molecule has 0 heterocycles. The van der Waals surface area contributed by atoms with Gasteiger partial charge in [-0.25, -0.2) is 0 Å². The third kappa shape index (κ3) is 3.08. The molecule has 0 atom stereocenters. The molecule has 0 aromatic heterocycles. The molecule has 1 fully saturated rings. The molecule has 0 amide bonds. The van der Waals surface area contributed by atoms with Crippen molar-refractivity contribution in [1.82, 2.24) is 0 Å². The molecule has 0 bridgehead atoms. The Bertz CT molecular complexity index is 322. The Labute approximate surface area is 93.6 Å². The van der Waals surface area contributed by atoms with Crippen LogP contribution >= 0.6 is 0 Å². The van der Waals surface area contributed by atoms with Gasteiger partial charge < -0.3 is 10.1 Å². The van der Waals surface area contributed by atoms with Crippen molar-refractivity contribution in [3.05, 3.63) is 24.3 Å². The Hall–Kier alpha value is -1.32. The van der Waals surface area contributed by atoms with Gasteiger partial charge in [0.1, 0.15) is 5.75 Å². The van der Waals surface area contributed by atoms with E-state index in [9.17, 15) is 8.78 Å². The lowest BCUT2D eigenvalue weighted by molar-refractivity contribution is -0.0498. The zero-order valence-corrected chi connectivity index (χ0v) is 8.96. The van der Waals surface area contributed by atoms with Gasteiger partial charge in [0.15, 0.2) is 0 Å². The molecule has 4 heteroatoms. The first-order valence-electron chi connectivity index (χ1n) is 5.53. The number of halogens is 2. The van der Waals surface area contributed by atoms with Crippen LogP contribution in [-0.4, -0.2) is 13.2 Å². The highest BCUT2D eigenvalue weighted by atomic mass is 19.3. The maximum atomic E-state index is 11.9. The lowest BCUT2D eigenvalue weighted by Gasteiger charge is -2.25. The lowest BCUT2D eigenvalue weighted by Crippen LogP contribution is -2.20. The highest BCUT2D eigenvalue weighted by molar-refractivity contribution is 5.46. The minimum absolute atomic E-state index is 0.198. The highest BCUT2D eigenvalue weighted by Gasteiger charge is 2.16. The van der Waals surface area contributed by atoms with Crippen molar-refractivity contribution in [1.29, 1.82) is 0 Å². The third-order valence-electron chi connectivity index (χ3n) is 2.90. The second-order valence-corrected chi connectivity index (χ2v) is 4.08. The molecule has 1 aliphatic rings. The normalized spacial score (nSPS) is 15.9. The first-order valence-corrected chi connectivity index (χ1v) is 5.53. The molecule has 2 nitrogen and oxygen atoms in total. The van der Waals surface area contributed by atoms with Crippen LogP contribution in [0.15, 0.2) is 24.3 Å². The summed E-state index contributed by atoms with van der Waals surface area (Å²) in [6, 6.07) is 6.62. The number of nitrogens with one attached hydrogen (secondary N) is 1. The summed E-state index contributed by atoms with van der Waals surface area (Å²) in [6.45, 7) is -1.79. The topological polar surface area (TPSA) is 21.3 Å². The summed E-state index contributed by atoms with van der Waals surface area (Å²) in [4.78, 5) is 0. The molecular formula is C12H15F2NO. The van der Waals surface area contributed by atoms with E-state index < -0.39 is 6.61 Å². The Balaban J connectivity index is 1.81. The van der Waals surface area contributed by atoms with Gasteiger partial charge in [-0.2, -0.15) is 8.78 Å². The van der Waals surface area contributed by atoms with E-state index in [0.29, 0.717) is 0 Å². The van der Waals surface area contributed by atoms with E-state index in [-0.39, 0.29) is 5.75 Å². The number of alkyl halides is 2. The number of anilines is 1. The van der Waals surface area contributed by atoms with Crippen LogP contribution in [0.4, 0.5) is 14.5 Å². The van der Waals surface area contributed by atoms with Crippen LogP contribution in [0.25, 0.3) is 0 Å². The van der Waals surface area contributed by atoms with Gasteiger partial charge >= 0.3 is 6.61 Å². The maximum Gasteiger partial charge on any atom is 0.387 e. The molecule has 0 spiro atoms. The number of hydrogen-bond donors (Lipinski definition) is 1. The quantitative estimate of drug-likeness (QED) is 0.831. The number of rotatable bonds is 5. The van der Waals surface area contributed by atoms with Gasteiger partial charge in [0.25, 0.3) is 0 Å². The van der Waals surface area contributed by atoms with Crippen LogP contribution in [0.2, 0.25) is 0 Å². The fourth-order valence-electron chi connectivity index (χ4n) is 1.71. The molecule has 1 N–H and O–H groups in total. The lowest BCUT2D eigenvalue weighted by atomic mass is 9.85. The van der Waals surface area contributed by atoms with Gasteiger partial charge in [-0.05, 0) is 43.0 Å². The second kappa shape index (κ2) is 5.14. The molecule has 0 aliphatic heterocycles. The first-order chi connectivity index (χ1) is 7.74. The van der Waals surface area contributed by atoms with Crippen molar-refractivity contribution in [2.45, 2.75) is 25.9 Å². The second-order valence-electron chi connectivity index (χ2n) is 4.08. The molecule has 16 heavy (non-hydrogen) atoms. The van der Waals surface area contributed by atoms with Gasteiger partial charge in [-0.1, -0.05) is 6.42 Å². The van der Waals surface area contributed by atoms with E-state index in [1.165, 1.54) is 19.3 Å². The molecule has 1 saturated carbocycles. The zero-order valence-electron chi connectivity index (χ0n) is 8.96. The summed E-state index contributed by atoms with van der Waals surface area (Å²) in [5.41, 5.74) is 0.952. The average molecular weight is 227 g/mol.